The number of allylic oxidation sites excluding steroid dienone is 2. The van der Waals surface area contributed by atoms with E-state index in [0.29, 0.717) is 30.2 Å². The number of carbonyl (C=O) groups excluding carboxylic acids is 2. The minimum Gasteiger partial charge on any atom is -0.301 e. The molecular formula is C31H34ClN3O2. The number of benzene rings is 2. The fourth-order valence-electron chi connectivity index (χ4n) is 7.83. The van der Waals surface area contributed by atoms with Crippen molar-refractivity contribution in [2.45, 2.75) is 18.9 Å². The number of imide groups is 1. The van der Waals surface area contributed by atoms with Gasteiger partial charge in [0.2, 0.25) is 11.8 Å². The molecule has 2 aromatic rings. The zero-order valence-corrected chi connectivity index (χ0v) is 21.8. The van der Waals surface area contributed by atoms with Crippen LogP contribution in [0.2, 0.25) is 5.02 Å². The van der Waals surface area contributed by atoms with Crippen molar-refractivity contribution in [2.75, 3.05) is 39.3 Å². The first-order valence-corrected chi connectivity index (χ1v) is 14.3. The summed E-state index contributed by atoms with van der Waals surface area (Å²) in [7, 11) is 0. The topological polar surface area (TPSA) is 43.9 Å². The maximum atomic E-state index is 13.2. The minimum absolute atomic E-state index is 0.0717. The number of piperazine rings is 1. The zero-order chi connectivity index (χ0) is 25.1. The van der Waals surface area contributed by atoms with Gasteiger partial charge in [0.15, 0.2) is 0 Å². The van der Waals surface area contributed by atoms with Crippen LogP contribution in [-0.2, 0) is 9.59 Å². The molecule has 6 aliphatic rings. The van der Waals surface area contributed by atoms with Crippen LogP contribution in [0.1, 0.15) is 30.0 Å². The van der Waals surface area contributed by atoms with E-state index in [-0.39, 0.29) is 29.7 Å². The highest BCUT2D eigenvalue weighted by Gasteiger charge is 2.66. The Labute approximate surface area is 224 Å². The Morgan fingerprint density at radius 3 is 1.97 bits per heavy atom. The van der Waals surface area contributed by atoms with Crippen molar-refractivity contribution in [1.29, 1.82) is 0 Å². The lowest BCUT2D eigenvalue weighted by Gasteiger charge is -2.40. The predicted molar refractivity (Wildman–Crippen MR) is 144 cm³/mol. The summed E-state index contributed by atoms with van der Waals surface area (Å²) in [5.41, 5.74) is 2.56. The fraction of sp³-hybridized carbons (Fsp3) is 0.484. The third-order valence-corrected chi connectivity index (χ3v) is 9.94. The van der Waals surface area contributed by atoms with Crippen molar-refractivity contribution in [3.8, 4) is 0 Å². The van der Waals surface area contributed by atoms with Gasteiger partial charge in [-0.05, 0) is 66.3 Å². The second-order valence-electron chi connectivity index (χ2n) is 11.6. The molecular weight excluding hydrogens is 482 g/mol. The lowest BCUT2D eigenvalue weighted by Crippen LogP contribution is -2.48. The quantitative estimate of drug-likeness (QED) is 0.402. The lowest BCUT2D eigenvalue weighted by molar-refractivity contribution is -0.140. The van der Waals surface area contributed by atoms with Crippen LogP contribution in [0, 0.1) is 35.5 Å². The van der Waals surface area contributed by atoms with Crippen molar-refractivity contribution in [3.05, 3.63) is 82.9 Å². The number of likely N-dealkylation sites (tertiary alicyclic amines) is 1. The van der Waals surface area contributed by atoms with Crippen LogP contribution in [0.4, 0.5) is 0 Å². The molecule has 4 aliphatic carbocycles. The Bertz CT molecular complexity index is 1170. The molecule has 5 nitrogen and oxygen atoms in total. The molecule has 2 saturated heterocycles. The van der Waals surface area contributed by atoms with Gasteiger partial charge in [-0.25, -0.2) is 0 Å². The highest BCUT2D eigenvalue weighted by atomic mass is 35.5. The van der Waals surface area contributed by atoms with E-state index in [1.807, 2.05) is 12.1 Å². The Kier molecular flexibility index (Phi) is 5.99. The van der Waals surface area contributed by atoms with E-state index in [1.165, 1.54) is 17.5 Å². The Balaban J connectivity index is 0.954. The minimum atomic E-state index is -0.0717. The van der Waals surface area contributed by atoms with Crippen LogP contribution in [0.5, 0.6) is 0 Å². The third kappa shape index (κ3) is 4.07. The summed E-state index contributed by atoms with van der Waals surface area (Å²) in [6.45, 7) is 5.42. The molecule has 2 aromatic carbocycles. The van der Waals surface area contributed by atoms with E-state index < -0.39 is 0 Å². The second-order valence-corrected chi connectivity index (χ2v) is 12.0. The number of rotatable bonds is 7. The molecule has 2 saturated carbocycles. The van der Waals surface area contributed by atoms with Crippen LogP contribution in [0.3, 0.4) is 0 Å². The van der Waals surface area contributed by atoms with E-state index >= 15 is 0 Å². The van der Waals surface area contributed by atoms with Gasteiger partial charge in [0, 0.05) is 37.7 Å². The standard InChI is InChI=1S/C31H34ClN3O2/c32-22-9-7-21(8-10-22)29(20-5-2-1-3-6-20)34-17-15-33(16-18-34)13-4-14-35-30(36)27-23-11-12-24(26-19-25(23)26)28(27)31(35)37/h1-3,5-12,23-29H,4,13-19H2. The second kappa shape index (κ2) is 9.37. The molecule has 7 unspecified atom stereocenters. The first-order chi connectivity index (χ1) is 18.1. The number of nitrogens with zero attached hydrogens (tertiary/aromatic N) is 3. The van der Waals surface area contributed by atoms with Gasteiger partial charge in [0.05, 0.1) is 17.9 Å². The van der Waals surface area contributed by atoms with Crippen molar-refractivity contribution < 1.29 is 9.59 Å². The number of halogens is 1. The zero-order valence-electron chi connectivity index (χ0n) is 21.1. The summed E-state index contributed by atoms with van der Waals surface area (Å²) in [5, 5.41) is 0.760. The smallest absolute Gasteiger partial charge is 0.233 e. The van der Waals surface area contributed by atoms with E-state index in [4.69, 9.17) is 11.6 Å². The van der Waals surface area contributed by atoms with E-state index in [2.05, 4.69) is 64.4 Å². The van der Waals surface area contributed by atoms with Crippen LogP contribution >= 0.6 is 11.6 Å². The van der Waals surface area contributed by atoms with Gasteiger partial charge in [0.1, 0.15) is 0 Å². The molecule has 0 N–H and O–H groups in total. The van der Waals surface area contributed by atoms with Crippen LogP contribution in [0.25, 0.3) is 0 Å². The summed E-state index contributed by atoms with van der Waals surface area (Å²) in [6, 6.07) is 19.1. The fourth-order valence-corrected chi connectivity index (χ4v) is 7.96. The summed E-state index contributed by atoms with van der Waals surface area (Å²) in [6.07, 6.45) is 6.57. The summed E-state index contributed by atoms with van der Waals surface area (Å²) < 4.78 is 0. The Hall–Kier alpha value is -2.47. The van der Waals surface area contributed by atoms with Crippen LogP contribution in [0.15, 0.2) is 66.7 Å². The van der Waals surface area contributed by atoms with Gasteiger partial charge in [0.25, 0.3) is 0 Å². The molecule has 0 radical (unpaired) electrons. The Morgan fingerprint density at radius 2 is 1.35 bits per heavy atom. The first-order valence-electron chi connectivity index (χ1n) is 13.9. The van der Waals surface area contributed by atoms with Crippen molar-refractivity contribution in [2.24, 2.45) is 35.5 Å². The van der Waals surface area contributed by atoms with Crippen molar-refractivity contribution in [3.63, 3.8) is 0 Å². The van der Waals surface area contributed by atoms with Gasteiger partial charge in [-0.3, -0.25) is 19.4 Å². The highest BCUT2D eigenvalue weighted by molar-refractivity contribution is 6.30. The molecule has 2 heterocycles. The maximum Gasteiger partial charge on any atom is 0.233 e. The number of carbonyl (C=O) groups is 2. The Morgan fingerprint density at radius 1 is 0.757 bits per heavy atom. The van der Waals surface area contributed by atoms with Gasteiger partial charge >= 0.3 is 0 Å². The van der Waals surface area contributed by atoms with Crippen LogP contribution < -0.4 is 0 Å². The van der Waals surface area contributed by atoms with E-state index in [0.717, 1.165) is 44.2 Å². The van der Waals surface area contributed by atoms with Gasteiger partial charge in [-0.2, -0.15) is 0 Å². The third-order valence-electron chi connectivity index (χ3n) is 9.68. The molecule has 0 spiro atoms. The van der Waals surface area contributed by atoms with E-state index in [1.54, 1.807) is 4.90 Å². The molecule has 37 heavy (non-hydrogen) atoms. The van der Waals surface area contributed by atoms with Crippen molar-refractivity contribution >= 4 is 23.4 Å². The monoisotopic (exact) mass is 515 g/mol. The van der Waals surface area contributed by atoms with Gasteiger partial charge in [-0.1, -0.05) is 66.2 Å². The molecule has 6 heteroatoms. The van der Waals surface area contributed by atoms with Crippen molar-refractivity contribution in [1.82, 2.24) is 14.7 Å². The number of amides is 2. The van der Waals surface area contributed by atoms with Gasteiger partial charge < -0.3 is 4.90 Å². The largest absolute Gasteiger partial charge is 0.301 e. The molecule has 192 valence electrons. The number of hydrogen-bond acceptors (Lipinski definition) is 4. The molecule has 7 atom stereocenters. The summed E-state index contributed by atoms with van der Waals surface area (Å²) >= 11 is 6.17. The molecule has 4 fully saturated rings. The molecule has 8 rings (SSSR count). The van der Waals surface area contributed by atoms with Crippen LogP contribution in [-0.4, -0.2) is 65.8 Å². The average Bonchev–Trinajstić information content (AvgIpc) is 3.72. The molecule has 2 bridgehead atoms. The van der Waals surface area contributed by atoms with Gasteiger partial charge in [-0.15, -0.1) is 0 Å². The molecule has 0 aromatic heterocycles. The summed E-state index contributed by atoms with van der Waals surface area (Å²) in [4.78, 5) is 33.1. The lowest BCUT2D eigenvalue weighted by atomic mass is 9.63. The SMILES string of the molecule is O=C1C2C3C=CC(C4CC34)C2C(=O)N1CCCN1CCN(C(c2ccccc2)c2ccc(Cl)cc2)CC1. The average molecular weight is 516 g/mol. The molecule has 2 aliphatic heterocycles. The predicted octanol–water partition coefficient (Wildman–Crippen LogP) is 4.49. The summed E-state index contributed by atoms with van der Waals surface area (Å²) in [5.74, 6) is 2.03. The van der Waals surface area contributed by atoms with E-state index in [9.17, 15) is 9.59 Å². The maximum absolute atomic E-state index is 13.2. The molecule has 2 amide bonds. The normalized spacial score (nSPS) is 33.5. The first kappa shape index (κ1) is 23.6. The highest BCUT2D eigenvalue weighted by Crippen LogP contribution is 2.65. The number of hydrogen-bond donors (Lipinski definition) is 0.